The summed E-state index contributed by atoms with van der Waals surface area (Å²) in [4.78, 5) is 32.3. The first kappa shape index (κ1) is 18.5. The molecule has 1 aromatic rings. The average molecular weight is 367 g/mol. The van der Waals surface area contributed by atoms with Crippen LogP contribution in [0.4, 0.5) is 5.69 Å². The number of carbonyl (C=O) groups excluding carboxylic acids is 2. The van der Waals surface area contributed by atoms with Crippen molar-refractivity contribution in [2.24, 2.45) is 10.9 Å². The minimum atomic E-state index is -0.980. The summed E-state index contributed by atoms with van der Waals surface area (Å²) in [6.07, 6.45) is 2.25. The van der Waals surface area contributed by atoms with E-state index in [4.69, 9.17) is 23.8 Å². The lowest BCUT2D eigenvalue weighted by molar-refractivity contribution is -0.130. The summed E-state index contributed by atoms with van der Waals surface area (Å²) in [5.74, 6) is -1.85. The van der Waals surface area contributed by atoms with E-state index in [-0.39, 0.29) is 5.11 Å². The standard InChI is InChI=1S/C16H19ClN4O2S/c1-20(2)9-3-8-18-10-13-14(22)19-16(24)21(15(13)23)12-6-4-11(17)5-7-12/h4-7,10,13H,3,8-9H2,1-2H3,(H,19,22,24). The van der Waals surface area contributed by atoms with Crippen LogP contribution in [0.15, 0.2) is 29.3 Å². The molecule has 1 aliphatic heterocycles. The highest BCUT2D eigenvalue weighted by atomic mass is 35.5. The smallest absolute Gasteiger partial charge is 0.251 e. The minimum Gasteiger partial charge on any atom is -0.309 e. The number of rotatable bonds is 6. The summed E-state index contributed by atoms with van der Waals surface area (Å²) in [6.45, 7) is 1.45. The van der Waals surface area contributed by atoms with Gasteiger partial charge in [-0.15, -0.1) is 0 Å². The third-order valence-electron chi connectivity index (χ3n) is 3.43. The lowest BCUT2D eigenvalue weighted by Crippen LogP contribution is -2.58. The number of amides is 2. The molecule has 1 aliphatic rings. The molecule has 2 amide bonds. The van der Waals surface area contributed by atoms with E-state index in [1.165, 1.54) is 11.1 Å². The highest BCUT2D eigenvalue weighted by Gasteiger charge is 2.38. The molecular formula is C16H19ClN4O2S. The van der Waals surface area contributed by atoms with E-state index in [1.807, 2.05) is 14.1 Å². The van der Waals surface area contributed by atoms with Gasteiger partial charge in [-0.1, -0.05) is 11.6 Å². The predicted octanol–water partition coefficient (Wildman–Crippen LogP) is 1.73. The maximum atomic E-state index is 12.6. The van der Waals surface area contributed by atoms with Gasteiger partial charge >= 0.3 is 0 Å². The van der Waals surface area contributed by atoms with Gasteiger partial charge in [-0.3, -0.25) is 19.5 Å². The number of halogens is 1. The zero-order chi connectivity index (χ0) is 17.7. The van der Waals surface area contributed by atoms with Crippen LogP contribution in [0, 0.1) is 5.92 Å². The number of carbonyl (C=O) groups is 2. The first-order valence-corrected chi connectivity index (χ1v) is 8.28. The molecule has 1 N–H and O–H groups in total. The molecule has 0 aromatic heterocycles. The molecule has 1 atom stereocenters. The zero-order valence-corrected chi connectivity index (χ0v) is 15.1. The van der Waals surface area contributed by atoms with E-state index >= 15 is 0 Å². The van der Waals surface area contributed by atoms with Crippen molar-refractivity contribution in [1.82, 2.24) is 10.2 Å². The van der Waals surface area contributed by atoms with Gasteiger partial charge in [0, 0.05) is 17.8 Å². The van der Waals surface area contributed by atoms with Crippen molar-refractivity contribution in [3.8, 4) is 0 Å². The summed E-state index contributed by atoms with van der Waals surface area (Å²) >= 11 is 11.0. The highest BCUT2D eigenvalue weighted by Crippen LogP contribution is 2.22. The van der Waals surface area contributed by atoms with Crippen molar-refractivity contribution in [2.75, 3.05) is 32.1 Å². The van der Waals surface area contributed by atoms with Crippen LogP contribution < -0.4 is 10.2 Å². The molecule has 1 heterocycles. The highest BCUT2D eigenvalue weighted by molar-refractivity contribution is 7.80. The number of aliphatic imine (C=N–C) groups is 1. The van der Waals surface area contributed by atoms with Gasteiger partial charge in [0.1, 0.15) is 0 Å². The fourth-order valence-electron chi connectivity index (χ4n) is 2.21. The monoisotopic (exact) mass is 366 g/mol. The number of anilines is 1. The Morgan fingerprint density at radius 3 is 2.62 bits per heavy atom. The Hall–Kier alpha value is -1.83. The summed E-state index contributed by atoms with van der Waals surface area (Å²) < 4.78 is 0. The van der Waals surface area contributed by atoms with Crippen molar-refractivity contribution in [1.29, 1.82) is 0 Å². The Kier molecular flexibility index (Phi) is 6.42. The van der Waals surface area contributed by atoms with Gasteiger partial charge in [0.05, 0.1) is 5.69 Å². The maximum absolute atomic E-state index is 12.6. The average Bonchev–Trinajstić information content (AvgIpc) is 2.51. The predicted molar refractivity (Wildman–Crippen MR) is 99.7 cm³/mol. The van der Waals surface area contributed by atoms with E-state index in [2.05, 4.69) is 15.2 Å². The molecule has 1 unspecified atom stereocenters. The molecule has 0 bridgehead atoms. The second-order valence-corrected chi connectivity index (χ2v) is 6.46. The second kappa shape index (κ2) is 8.32. The second-order valence-electron chi connectivity index (χ2n) is 5.63. The van der Waals surface area contributed by atoms with Crippen LogP contribution >= 0.6 is 23.8 Å². The Morgan fingerprint density at radius 1 is 1.33 bits per heavy atom. The van der Waals surface area contributed by atoms with Crippen LogP contribution in [-0.4, -0.2) is 55.2 Å². The van der Waals surface area contributed by atoms with Crippen molar-refractivity contribution >= 4 is 52.6 Å². The third kappa shape index (κ3) is 4.59. The van der Waals surface area contributed by atoms with E-state index in [0.717, 1.165) is 13.0 Å². The summed E-state index contributed by atoms with van der Waals surface area (Å²) in [5, 5.41) is 3.16. The number of hydrogen-bond acceptors (Lipinski definition) is 5. The number of thiocarbonyl (C=S) groups is 1. The molecule has 0 spiro atoms. The largest absolute Gasteiger partial charge is 0.309 e. The van der Waals surface area contributed by atoms with Gasteiger partial charge in [0.15, 0.2) is 11.0 Å². The summed E-state index contributed by atoms with van der Waals surface area (Å²) in [6, 6.07) is 6.67. The van der Waals surface area contributed by atoms with Crippen LogP contribution in [0.3, 0.4) is 0 Å². The summed E-state index contributed by atoms with van der Waals surface area (Å²) in [5.41, 5.74) is 0.556. The molecule has 8 heteroatoms. The Balaban J connectivity index is 2.10. The minimum absolute atomic E-state index is 0.0598. The Labute approximate surface area is 151 Å². The van der Waals surface area contributed by atoms with Crippen molar-refractivity contribution in [3.63, 3.8) is 0 Å². The van der Waals surface area contributed by atoms with E-state index < -0.39 is 17.7 Å². The number of hydrogen-bond donors (Lipinski definition) is 1. The molecule has 0 saturated carbocycles. The van der Waals surface area contributed by atoms with Crippen LogP contribution in [0.25, 0.3) is 0 Å². The molecule has 2 rings (SSSR count). The third-order valence-corrected chi connectivity index (χ3v) is 3.97. The van der Waals surface area contributed by atoms with E-state index in [0.29, 0.717) is 17.3 Å². The van der Waals surface area contributed by atoms with Crippen LogP contribution in [0.5, 0.6) is 0 Å². The Morgan fingerprint density at radius 2 is 2.00 bits per heavy atom. The fraction of sp³-hybridized carbons (Fsp3) is 0.375. The Bertz CT molecular complexity index is 661. The number of benzene rings is 1. The molecule has 6 nitrogen and oxygen atoms in total. The molecule has 1 saturated heterocycles. The van der Waals surface area contributed by atoms with Gasteiger partial charge in [-0.2, -0.15) is 0 Å². The molecule has 0 radical (unpaired) electrons. The summed E-state index contributed by atoms with van der Waals surface area (Å²) in [7, 11) is 3.96. The number of nitrogens with one attached hydrogen (secondary N) is 1. The molecule has 1 aromatic carbocycles. The molecule has 1 fully saturated rings. The molecular weight excluding hydrogens is 348 g/mol. The van der Waals surface area contributed by atoms with Gasteiger partial charge in [-0.05, 0) is 63.5 Å². The van der Waals surface area contributed by atoms with Gasteiger partial charge < -0.3 is 10.2 Å². The SMILES string of the molecule is CN(C)CCCN=CC1C(=O)NC(=S)N(c2ccc(Cl)cc2)C1=O. The van der Waals surface area contributed by atoms with E-state index in [9.17, 15) is 9.59 Å². The fourth-order valence-corrected chi connectivity index (χ4v) is 2.64. The van der Waals surface area contributed by atoms with Gasteiger partial charge in [-0.25, -0.2) is 0 Å². The quantitative estimate of drug-likeness (QED) is 0.360. The first-order valence-electron chi connectivity index (χ1n) is 7.49. The molecule has 0 aliphatic carbocycles. The topological polar surface area (TPSA) is 65.0 Å². The lowest BCUT2D eigenvalue weighted by Gasteiger charge is -2.30. The normalized spacial score (nSPS) is 18.6. The molecule has 128 valence electrons. The van der Waals surface area contributed by atoms with Gasteiger partial charge in [0.2, 0.25) is 5.91 Å². The van der Waals surface area contributed by atoms with Crippen molar-refractivity contribution in [3.05, 3.63) is 29.3 Å². The van der Waals surface area contributed by atoms with E-state index in [1.54, 1.807) is 24.3 Å². The van der Waals surface area contributed by atoms with Gasteiger partial charge in [0.25, 0.3) is 5.91 Å². The van der Waals surface area contributed by atoms with Crippen molar-refractivity contribution in [2.45, 2.75) is 6.42 Å². The maximum Gasteiger partial charge on any atom is 0.251 e. The van der Waals surface area contributed by atoms with Crippen LogP contribution in [-0.2, 0) is 9.59 Å². The number of nitrogens with zero attached hydrogens (tertiary/aromatic N) is 3. The van der Waals surface area contributed by atoms with Crippen LogP contribution in [0.1, 0.15) is 6.42 Å². The van der Waals surface area contributed by atoms with Crippen molar-refractivity contribution < 1.29 is 9.59 Å². The molecule has 24 heavy (non-hydrogen) atoms. The zero-order valence-electron chi connectivity index (χ0n) is 13.5. The first-order chi connectivity index (χ1) is 11.4. The lowest BCUT2D eigenvalue weighted by atomic mass is 10.1. The van der Waals surface area contributed by atoms with Crippen LogP contribution in [0.2, 0.25) is 5.02 Å².